The largest absolute Gasteiger partial charge is 0.399 e. The zero-order valence-electron chi connectivity index (χ0n) is 10.1. The van der Waals surface area contributed by atoms with E-state index < -0.39 is 0 Å². The monoisotopic (exact) mass is 218 g/mol. The van der Waals surface area contributed by atoms with Gasteiger partial charge in [0.15, 0.2) is 0 Å². The van der Waals surface area contributed by atoms with Gasteiger partial charge in [0.05, 0.1) is 0 Å². The normalized spacial score (nSPS) is 26.1. The Hall–Kier alpha value is -1.18. The van der Waals surface area contributed by atoms with Crippen molar-refractivity contribution in [2.24, 2.45) is 5.92 Å². The minimum Gasteiger partial charge on any atom is -0.399 e. The summed E-state index contributed by atoms with van der Waals surface area (Å²) in [5.41, 5.74) is 7.79. The molecule has 0 aliphatic heterocycles. The SMILES string of the molecule is CC1CCCCCC1Nc1cccc(N)c1. The molecule has 1 saturated carbocycles. The Bertz CT molecular complexity index is 335. The Morgan fingerprint density at radius 1 is 1.19 bits per heavy atom. The molecule has 0 aromatic heterocycles. The van der Waals surface area contributed by atoms with Gasteiger partial charge in [-0.05, 0) is 37.0 Å². The predicted molar refractivity (Wildman–Crippen MR) is 70.5 cm³/mol. The van der Waals surface area contributed by atoms with Crippen LogP contribution in [-0.4, -0.2) is 6.04 Å². The van der Waals surface area contributed by atoms with E-state index in [0.717, 1.165) is 11.6 Å². The summed E-state index contributed by atoms with van der Waals surface area (Å²) in [4.78, 5) is 0. The number of nitrogen functional groups attached to an aromatic ring is 1. The standard InChI is InChI=1S/C14H22N2/c1-11-6-3-2-4-9-14(11)16-13-8-5-7-12(15)10-13/h5,7-8,10-11,14,16H,2-4,6,9,15H2,1H3. The van der Waals surface area contributed by atoms with Gasteiger partial charge in [0.2, 0.25) is 0 Å². The van der Waals surface area contributed by atoms with Crippen LogP contribution >= 0.6 is 0 Å². The Labute approximate surface area is 98.2 Å². The van der Waals surface area contributed by atoms with Gasteiger partial charge < -0.3 is 11.1 Å². The third-order valence-corrected chi connectivity index (χ3v) is 3.60. The van der Waals surface area contributed by atoms with E-state index in [1.54, 1.807) is 0 Å². The highest BCUT2D eigenvalue weighted by atomic mass is 14.9. The van der Waals surface area contributed by atoms with Crippen LogP contribution in [0.15, 0.2) is 24.3 Å². The number of benzene rings is 1. The highest BCUT2D eigenvalue weighted by Gasteiger charge is 2.19. The van der Waals surface area contributed by atoms with Crippen molar-refractivity contribution < 1.29 is 0 Å². The number of hydrogen-bond acceptors (Lipinski definition) is 2. The van der Waals surface area contributed by atoms with Crippen LogP contribution in [0.4, 0.5) is 11.4 Å². The Kier molecular flexibility index (Phi) is 3.70. The summed E-state index contributed by atoms with van der Waals surface area (Å²) >= 11 is 0. The Balaban J connectivity index is 2.02. The van der Waals surface area contributed by atoms with Crippen LogP contribution in [0, 0.1) is 5.92 Å². The highest BCUT2D eigenvalue weighted by Crippen LogP contribution is 2.26. The number of nitrogens with one attached hydrogen (secondary N) is 1. The second-order valence-corrected chi connectivity index (χ2v) is 4.99. The van der Waals surface area contributed by atoms with Crippen LogP contribution in [0.5, 0.6) is 0 Å². The fourth-order valence-corrected chi connectivity index (χ4v) is 2.55. The number of hydrogen-bond donors (Lipinski definition) is 2. The molecule has 1 aliphatic carbocycles. The van der Waals surface area contributed by atoms with Crippen molar-refractivity contribution in [3.63, 3.8) is 0 Å². The molecule has 1 aromatic rings. The summed E-state index contributed by atoms with van der Waals surface area (Å²) < 4.78 is 0. The first-order valence-corrected chi connectivity index (χ1v) is 6.38. The maximum absolute atomic E-state index is 5.79. The molecule has 3 N–H and O–H groups in total. The third-order valence-electron chi connectivity index (χ3n) is 3.60. The molecule has 2 heteroatoms. The first kappa shape index (κ1) is 11.3. The molecule has 2 unspecified atom stereocenters. The molecule has 1 fully saturated rings. The molecule has 0 heterocycles. The molecule has 0 saturated heterocycles. The molecule has 2 atom stereocenters. The summed E-state index contributed by atoms with van der Waals surface area (Å²) in [6.07, 6.45) is 6.76. The summed E-state index contributed by atoms with van der Waals surface area (Å²) in [5.74, 6) is 0.768. The number of rotatable bonds is 2. The highest BCUT2D eigenvalue weighted by molar-refractivity contribution is 5.54. The number of nitrogens with two attached hydrogens (primary N) is 1. The second kappa shape index (κ2) is 5.24. The lowest BCUT2D eigenvalue weighted by molar-refractivity contribution is 0.457. The molecule has 16 heavy (non-hydrogen) atoms. The van der Waals surface area contributed by atoms with Crippen molar-refractivity contribution in [2.75, 3.05) is 11.1 Å². The van der Waals surface area contributed by atoms with Crippen molar-refractivity contribution in [3.8, 4) is 0 Å². The van der Waals surface area contributed by atoms with E-state index in [1.165, 1.54) is 37.8 Å². The van der Waals surface area contributed by atoms with Crippen LogP contribution in [-0.2, 0) is 0 Å². The fraction of sp³-hybridized carbons (Fsp3) is 0.571. The molecular formula is C14H22N2. The van der Waals surface area contributed by atoms with E-state index in [-0.39, 0.29) is 0 Å². The van der Waals surface area contributed by atoms with E-state index in [0.29, 0.717) is 6.04 Å². The predicted octanol–water partition coefficient (Wildman–Crippen LogP) is 3.65. The Morgan fingerprint density at radius 2 is 2.00 bits per heavy atom. The minimum atomic E-state index is 0.615. The minimum absolute atomic E-state index is 0.615. The Morgan fingerprint density at radius 3 is 2.81 bits per heavy atom. The van der Waals surface area contributed by atoms with E-state index in [2.05, 4.69) is 18.3 Å². The summed E-state index contributed by atoms with van der Waals surface area (Å²) in [7, 11) is 0. The van der Waals surface area contributed by atoms with Crippen molar-refractivity contribution >= 4 is 11.4 Å². The molecular weight excluding hydrogens is 196 g/mol. The maximum Gasteiger partial charge on any atom is 0.0363 e. The van der Waals surface area contributed by atoms with Crippen LogP contribution in [0.1, 0.15) is 39.0 Å². The average Bonchev–Trinajstić information content (AvgIpc) is 2.45. The third kappa shape index (κ3) is 2.91. The lowest BCUT2D eigenvalue weighted by Crippen LogP contribution is -2.26. The topological polar surface area (TPSA) is 38.0 Å². The maximum atomic E-state index is 5.79. The van der Waals surface area contributed by atoms with E-state index >= 15 is 0 Å². The van der Waals surface area contributed by atoms with Gasteiger partial charge in [-0.1, -0.05) is 32.3 Å². The van der Waals surface area contributed by atoms with Gasteiger partial charge in [-0.3, -0.25) is 0 Å². The van der Waals surface area contributed by atoms with Gasteiger partial charge in [-0.2, -0.15) is 0 Å². The van der Waals surface area contributed by atoms with Crippen LogP contribution < -0.4 is 11.1 Å². The van der Waals surface area contributed by atoms with Gasteiger partial charge in [0, 0.05) is 17.4 Å². The van der Waals surface area contributed by atoms with Crippen molar-refractivity contribution in [1.82, 2.24) is 0 Å². The lowest BCUT2D eigenvalue weighted by atomic mass is 9.97. The average molecular weight is 218 g/mol. The van der Waals surface area contributed by atoms with E-state index in [9.17, 15) is 0 Å². The van der Waals surface area contributed by atoms with Gasteiger partial charge in [0.1, 0.15) is 0 Å². The van der Waals surface area contributed by atoms with Crippen LogP contribution in [0.25, 0.3) is 0 Å². The van der Waals surface area contributed by atoms with E-state index in [1.807, 2.05) is 18.2 Å². The summed E-state index contributed by atoms with van der Waals surface area (Å²) in [6.45, 7) is 2.36. The quantitative estimate of drug-likeness (QED) is 0.587. The van der Waals surface area contributed by atoms with Crippen molar-refractivity contribution in [1.29, 1.82) is 0 Å². The molecule has 1 aliphatic rings. The van der Waals surface area contributed by atoms with Crippen molar-refractivity contribution in [3.05, 3.63) is 24.3 Å². The molecule has 2 nitrogen and oxygen atoms in total. The number of anilines is 2. The molecule has 2 rings (SSSR count). The van der Waals surface area contributed by atoms with Gasteiger partial charge in [-0.25, -0.2) is 0 Å². The van der Waals surface area contributed by atoms with Crippen LogP contribution in [0.2, 0.25) is 0 Å². The molecule has 88 valence electrons. The zero-order chi connectivity index (χ0) is 11.4. The van der Waals surface area contributed by atoms with E-state index in [4.69, 9.17) is 5.73 Å². The van der Waals surface area contributed by atoms with Crippen molar-refractivity contribution in [2.45, 2.75) is 45.1 Å². The summed E-state index contributed by atoms with van der Waals surface area (Å²) in [5, 5.41) is 3.63. The van der Waals surface area contributed by atoms with Gasteiger partial charge >= 0.3 is 0 Å². The first-order valence-electron chi connectivity index (χ1n) is 6.38. The second-order valence-electron chi connectivity index (χ2n) is 4.99. The fourth-order valence-electron chi connectivity index (χ4n) is 2.55. The molecule has 0 radical (unpaired) electrons. The molecule has 0 bridgehead atoms. The lowest BCUT2D eigenvalue weighted by Gasteiger charge is -2.24. The van der Waals surface area contributed by atoms with Crippen LogP contribution in [0.3, 0.4) is 0 Å². The summed E-state index contributed by atoms with van der Waals surface area (Å²) in [6, 6.07) is 8.69. The zero-order valence-corrected chi connectivity index (χ0v) is 10.1. The first-order chi connectivity index (χ1) is 7.75. The van der Waals surface area contributed by atoms with Gasteiger partial charge in [0.25, 0.3) is 0 Å². The molecule has 0 amide bonds. The van der Waals surface area contributed by atoms with Gasteiger partial charge in [-0.15, -0.1) is 0 Å². The smallest absolute Gasteiger partial charge is 0.0363 e. The molecule has 1 aromatic carbocycles. The molecule has 0 spiro atoms.